The quantitative estimate of drug-likeness (QED) is 0.681. The summed E-state index contributed by atoms with van der Waals surface area (Å²) in [6, 6.07) is 0.780. The van der Waals surface area contributed by atoms with E-state index in [1.165, 1.54) is 0 Å². The maximum atomic E-state index is 12.4. The van der Waals surface area contributed by atoms with E-state index < -0.39 is 0 Å². The van der Waals surface area contributed by atoms with Crippen LogP contribution in [0.5, 0.6) is 0 Å². The van der Waals surface area contributed by atoms with Crippen molar-refractivity contribution < 1.29 is 19.1 Å². The minimum absolute atomic E-state index is 0.0179. The van der Waals surface area contributed by atoms with Crippen LogP contribution < -0.4 is 0 Å². The molecule has 1 aliphatic carbocycles. The molecular formula is C22H38N2O4. The first-order chi connectivity index (χ1) is 13.2. The minimum atomic E-state index is -0.165. The van der Waals surface area contributed by atoms with E-state index in [1.54, 1.807) is 0 Å². The molecule has 160 valence electrons. The molecule has 6 nitrogen and oxygen atoms in total. The number of likely N-dealkylation sites (tertiary alicyclic amines) is 2. The molecule has 0 bridgehead atoms. The van der Waals surface area contributed by atoms with Crippen molar-refractivity contribution in [3.8, 4) is 0 Å². The van der Waals surface area contributed by atoms with Gasteiger partial charge in [0.05, 0.1) is 19.1 Å². The van der Waals surface area contributed by atoms with Gasteiger partial charge in [0.1, 0.15) is 0 Å². The number of esters is 1. The van der Waals surface area contributed by atoms with Gasteiger partial charge in [-0.05, 0) is 57.9 Å². The summed E-state index contributed by atoms with van der Waals surface area (Å²) >= 11 is 0. The van der Waals surface area contributed by atoms with Gasteiger partial charge in [0, 0.05) is 30.6 Å². The molecule has 1 saturated carbocycles. The summed E-state index contributed by atoms with van der Waals surface area (Å²) in [6.07, 6.45) is 4.99. The highest BCUT2D eigenvalue weighted by Gasteiger charge is 2.61. The molecule has 0 N–H and O–H groups in total. The fourth-order valence-corrected chi connectivity index (χ4v) is 6.03. The minimum Gasteiger partial charge on any atom is -0.466 e. The third kappa shape index (κ3) is 4.03. The summed E-state index contributed by atoms with van der Waals surface area (Å²) in [6.45, 7) is 14.3. The van der Waals surface area contributed by atoms with Gasteiger partial charge in [-0.2, -0.15) is 0 Å². The van der Waals surface area contributed by atoms with Crippen molar-refractivity contribution in [1.29, 1.82) is 0 Å². The number of nitrogens with zero attached hydrogens (tertiary/aromatic N) is 2. The normalized spacial score (nSPS) is 33.6. The van der Waals surface area contributed by atoms with Gasteiger partial charge >= 0.3 is 12.1 Å². The van der Waals surface area contributed by atoms with Crippen molar-refractivity contribution in [3.63, 3.8) is 0 Å². The summed E-state index contributed by atoms with van der Waals surface area (Å²) in [5.41, 5.74) is 0.214. The summed E-state index contributed by atoms with van der Waals surface area (Å²) in [5.74, 6) is 0.0637. The lowest BCUT2D eigenvalue weighted by atomic mass is 9.61. The Morgan fingerprint density at radius 1 is 1.00 bits per heavy atom. The Labute approximate surface area is 169 Å². The van der Waals surface area contributed by atoms with Crippen molar-refractivity contribution in [3.05, 3.63) is 0 Å². The van der Waals surface area contributed by atoms with Gasteiger partial charge in [-0.25, -0.2) is 4.79 Å². The van der Waals surface area contributed by atoms with Crippen molar-refractivity contribution >= 4 is 12.1 Å². The van der Waals surface area contributed by atoms with Crippen LogP contribution in [0.2, 0.25) is 0 Å². The average molecular weight is 395 g/mol. The Morgan fingerprint density at radius 2 is 1.64 bits per heavy atom. The maximum Gasteiger partial charge on any atom is 0.410 e. The molecule has 0 aromatic carbocycles. The van der Waals surface area contributed by atoms with Crippen LogP contribution in [0.3, 0.4) is 0 Å². The van der Waals surface area contributed by atoms with Crippen molar-refractivity contribution in [2.75, 3.05) is 32.8 Å². The van der Waals surface area contributed by atoms with E-state index in [9.17, 15) is 9.59 Å². The van der Waals surface area contributed by atoms with Crippen LogP contribution in [-0.2, 0) is 14.3 Å². The Hall–Kier alpha value is -1.30. The molecule has 0 aromatic rings. The predicted octanol–water partition coefficient (Wildman–Crippen LogP) is 3.69. The molecule has 6 heteroatoms. The second-order valence-electron chi connectivity index (χ2n) is 9.94. The monoisotopic (exact) mass is 394 g/mol. The third-order valence-electron chi connectivity index (χ3n) is 6.95. The molecule has 28 heavy (non-hydrogen) atoms. The van der Waals surface area contributed by atoms with Gasteiger partial charge in [-0.1, -0.05) is 20.8 Å². The standard InChI is InChI=1S/C22H38N2O4/c1-6-27-18(25)16-8-10-17(11-9-16)23-13-12-22(14-23)15-24(20(26)28-7-2)19(22)21(3,4)5/h16-17,19H,6-15H2,1-5H3. The molecule has 2 unspecified atom stereocenters. The van der Waals surface area contributed by atoms with Crippen LogP contribution in [0, 0.1) is 16.7 Å². The van der Waals surface area contributed by atoms with Gasteiger partial charge in [-0.3, -0.25) is 9.69 Å². The smallest absolute Gasteiger partial charge is 0.410 e. The topological polar surface area (TPSA) is 59.1 Å². The summed E-state index contributed by atoms with van der Waals surface area (Å²) in [4.78, 5) is 29.0. The van der Waals surface area contributed by atoms with Crippen LogP contribution >= 0.6 is 0 Å². The maximum absolute atomic E-state index is 12.4. The van der Waals surface area contributed by atoms with Crippen LogP contribution in [0.4, 0.5) is 4.79 Å². The van der Waals surface area contributed by atoms with Gasteiger partial charge < -0.3 is 14.4 Å². The van der Waals surface area contributed by atoms with E-state index in [4.69, 9.17) is 9.47 Å². The van der Waals surface area contributed by atoms with E-state index in [0.29, 0.717) is 19.3 Å². The summed E-state index contributed by atoms with van der Waals surface area (Å²) in [5, 5.41) is 0. The first-order valence-electron chi connectivity index (χ1n) is 11.1. The van der Waals surface area contributed by atoms with E-state index in [-0.39, 0.29) is 34.9 Å². The molecule has 0 radical (unpaired) electrons. The van der Waals surface area contributed by atoms with Gasteiger partial charge in [0.25, 0.3) is 0 Å². The molecule has 2 saturated heterocycles. The third-order valence-corrected chi connectivity index (χ3v) is 6.95. The van der Waals surface area contributed by atoms with E-state index >= 15 is 0 Å². The number of hydrogen-bond acceptors (Lipinski definition) is 5. The lowest BCUT2D eigenvalue weighted by Crippen LogP contribution is -2.71. The Bertz CT molecular complexity index is 580. The van der Waals surface area contributed by atoms with E-state index in [0.717, 1.165) is 51.7 Å². The Balaban J connectivity index is 1.60. The number of rotatable bonds is 4. The highest BCUT2D eigenvalue weighted by molar-refractivity contribution is 5.72. The Morgan fingerprint density at radius 3 is 2.21 bits per heavy atom. The highest BCUT2D eigenvalue weighted by Crippen LogP contribution is 2.53. The number of amides is 1. The molecule has 1 amide bonds. The molecule has 2 atom stereocenters. The molecular weight excluding hydrogens is 356 g/mol. The largest absolute Gasteiger partial charge is 0.466 e. The lowest BCUT2D eigenvalue weighted by molar-refractivity contribution is -0.149. The number of carbonyl (C=O) groups is 2. The lowest BCUT2D eigenvalue weighted by Gasteiger charge is -2.60. The van der Waals surface area contributed by atoms with Crippen molar-refractivity contribution in [2.24, 2.45) is 16.7 Å². The predicted molar refractivity (Wildman–Crippen MR) is 108 cm³/mol. The molecule has 3 aliphatic rings. The summed E-state index contributed by atoms with van der Waals surface area (Å²) in [7, 11) is 0. The second-order valence-corrected chi connectivity index (χ2v) is 9.94. The van der Waals surface area contributed by atoms with Gasteiger partial charge in [0.15, 0.2) is 0 Å². The zero-order valence-electron chi connectivity index (χ0n) is 18.3. The van der Waals surface area contributed by atoms with Crippen molar-refractivity contribution in [1.82, 2.24) is 9.80 Å². The zero-order chi connectivity index (χ0) is 20.5. The fourth-order valence-electron chi connectivity index (χ4n) is 6.03. The fraction of sp³-hybridized carbons (Fsp3) is 0.909. The Kier molecular flexibility index (Phi) is 6.28. The van der Waals surface area contributed by atoms with Crippen LogP contribution in [0.25, 0.3) is 0 Å². The molecule has 3 fully saturated rings. The molecule has 1 spiro atoms. The van der Waals surface area contributed by atoms with Gasteiger partial charge in [0.2, 0.25) is 0 Å². The molecule has 2 aliphatic heterocycles. The molecule has 3 rings (SSSR count). The SMILES string of the molecule is CCOC(=O)C1CCC(N2CCC3(C2)CN(C(=O)OCC)C3C(C)(C)C)CC1. The van der Waals surface area contributed by atoms with Crippen LogP contribution in [0.15, 0.2) is 0 Å². The number of hydrogen-bond donors (Lipinski definition) is 0. The van der Waals surface area contributed by atoms with Crippen molar-refractivity contribution in [2.45, 2.75) is 78.8 Å². The first kappa shape index (κ1) is 21.4. The van der Waals surface area contributed by atoms with E-state index in [2.05, 4.69) is 25.7 Å². The van der Waals surface area contributed by atoms with Crippen LogP contribution in [0.1, 0.15) is 66.7 Å². The number of carbonyl (C=O) groups excluding carboxylic acids is 2. The van der Waals surface area contributed by atoms with Crippen LogP contribution in [-0.4, -0.2) is 66.8 Å². The number of ether oxygens (including phenoxy) is 2. The average Bonchev–Trinajstić information content (AvgIpc) is 3.06. The molecule has 2 heterocycles. The highest BCUT2D eigenvalue weighted by atomic mass is 16.6. The molecule has 0 aromatic heterocycles. The summed E-state index contributed by atoms with van der Waals surface area (Å²) < 4.78 is 10.5. The van der Waals surface area contributed by atoms with E-state index in [1.807, 2.05) is 18.7 Å². The first-order valence-corrected chi connectivity index (χ1v) is 11.1. The zero-order valence-corrected chi connectivity index (χ0v) is 18.3. The second kappa shape index (κ2) is 8.21. The van der Waals surface area contributed by atoms with Gasteiger partial charge in [-0.15, -0.1) is 0 Å².